The van der Waals surface area contributed by atoms with E-state index < -0.39 is 13.7 Å². The van der Waals surface area contributed by atoms with E-state index in [1.807, 2.05) is 0 Å². The summed E-state index contributed by atoms with van der Waals surface area (Å²) in [5.41, 5.74) is 0. The zero-order chi connectivity index (χ0) is 14.2. The van der Waals surface area contributed by atoms with E-state index in [2.05, 4.69) is 19.7 Å². The molecule has 0 radical (unpaired) electrons. The van der Waals surface area contributed by atoms with Crippen molar-refractivity contribution in [2.24, 2.45) is 0 Å². The highest BCUT2D eigenvalue weighted by molar-refractivity contribution is 7.47. The van der Waals surface area contributed by atoms with Crippen LogP contribution in [0.2, 0.25) is 0 Å². The molecule has 0 aromatic carbocycles. The number of carbonyl (C=O) groups excluding carboxylic acids is 2. The van der Waals surface area contributed by atoms with Crippen LogP contribution < -0.4 is 10.6 Å². The highest BCUT2D eigenvalue weighted by atomic mass is 31.2. The van der Waals surface area contributed by atoms with Gasteiger partial charge in [0.15, 0.2) is 0 Å². The Balaban J connectivity index is 3.79. The number of nitrogens with one attached hydrogen (secondary N) is 2. The molecule has 0 aliphatic heterocycles. The van der Waals surface area contributed by atoms with Gasteiger partial charge in [0.1, 0.15) is 6.54 Å². The van der Waals surface area contributed by atoms with Gasteiger partial charge in [0, 0.05) is 27.7 Å². The lowest BCUT2D eigenvalue weighted by Crippen LogP contribution is -2.42. The molecule has 0 bridgehead atoms. The molecular weight excluding hydrogens is 265 g/mol. The van der Waals surface area contributed by atoms with Crippen molar-refractivity contribution in [2.75, 3.05) is 40.9 Å². The molecule has 0 rings (SSSR count). The first-order valence-electron chi connectivity index (χ1n) is 5.05. The molecule has 0 saturated carbocycles. The average Bonchev–Trinajstić information content (AvgIpc) is 2.33. The molecular formula is C8H18N3O6P. The first-order chi connectivity index (χ1) is 8.32. The van der Waals surface area contributed by atoms with E-state index in [0.717, 1.165) is 7.11 Å². The third-order valence-electron chi connectivity index (χ3n) is 1.85. The summed E-state index contributed by atoms with van der Waals surface area (Å²) in [7, 11) is -0.0553. The number of nitrogens with zero attached hydrogens (tertiary/aromatic N) is 1. The molecule has 10 heteroatoms. The fourth-order valence-corrected chi connectivity index (χ4v) is 1.37. The van der Waals surface area contributed by atoms with Crippen LogP contribution >= 0.6 is 7.82 Å². The summed E-state index contributed by atoms with van der Waals surface area (Å²) < 4.78 is 19.5. The van der Waals surface area contributed by atoms with Gasteiger partial charge in [-0.3, -0.25) is 13.8 Å². The van der Waals surface area contributed by atoms with Crippen molar-refractivity contribution in [1.29, 1.82) is 0 Å². The van der Waals surface area contributed by atoms with Crippen molar-refractivity contribution in [1.82, 2.24) is 15.5 Å². The van der Waals surface area contributed by atoms with Crippen molar-refractivity contribution in [3.05, 3.63) is 0 Å². The normalized spacial score (nSPS) is 13.6. The van der Waals surface area contributed by atoms with Crippen LogP contribution in [0.4, 0.5) is 4.79 Å². The highest BCUT2D eigenvalue weighted by Crippen LogP contribution is 2.41. The number of phosphoric ester groups is 1. The van der Waals surface area contributed by atoms with Crippen LogP contribution in [0.5, 0.6) is 0 Å². The van der Waals surface area contributed by atoms with Gasteiger partial charge in [0.2, 0.25) is 5.91 Å². The van der Waals surface area contributed by atoms with Crippen molar-refractivity contribution in [3.63, 3.8) is 0 Å². The fraction of sp³-hybridized carbons (Fsp3) is 0.750. The fourth-order valence-electron chi connectivity index (χ4n) is 0.938. The highest BCUT2D eigenvalue weighted by Gasteiger charge is 2.18. The maximum absolute atomic E-state index is 11.3. The summed E-state index contributed by atoms with van der Waals surface area (Å²) in [4.78, 5) is 32.4. The summed E-state index contributed by atoms with van der Waals surface area (Å²) >= 11 is 0. The summed E-state index contributed by atoms with van der Waals surface area (Å²) in [6.07, 6.45) is 0. The van der Waals surface area contributed by atoms with Gasteiger partial charge in [-0.15, -0.1) is 0 Å². The zero-order valence-corrected chi connectivity index (χ0v) is 11.4. The lowest BCUT2D eigenvalue weighted by atomic mass is 10.5. The zero-order valence-electron chi connectivity index (χ0n) is 10.5. The van der Waals surface area contributed by atoms with Gasteiger partial charge in [-0.1, -0.05) is 0 Å². The Hall–Kier alpha value is -1.15. The molecule has 106 valence electrons. The monoisotopic (exact) mass is 283 g/mol. The Morgan fingerprint density at radius 2 is 2.06 bits per heavy atom. The molecule has 9 nitrogen and oxygen atoms in total. The molecule has 1 unspecified atom stereocenters. The number of phosphoric acid groups is 1. The maximum Gasteiger partial charge on any atom is 0.471 e. The van der Waals surface area contributed by atoms with Crippen LogP contribution in [0.15, 0.2) is 0 Å². The molecule has 3 amide bonds. The van der Waals surface area contributed by atoms with E-state index in [1.54, 1.807) is 0 Å². The van der Waals surface area contributed by atoms with Crippen molar-refractivity contribution in [3.8, 4) is 0 Å². The Bertz CT molecular complexity index is 337. The standard InChI is InChI=1S/C8H18N3O6P/c1-9-8(13)11(2)6-7(12)10-4-5-17-18(14,15)16-3/h4-6H2,1-3H3,(H,9,13)(H,10,12)(H,14,15). The molecule has 0 fully saturated rings. The number of hydrogen-bond acceptors (Lipinski definition) is 5. The van der Waals surface area contributed by atoms with Crippen molar-refractivity contribution < 1.29 is 28.1 Å². The first kappa shape index (κ1) is 16.9. The second kappa shape index (κ2) is 8.04. The summed E-state index contributed by atoms with van der Waals surface area (Å²) in [5.74, 6) is -0.408. The molecule has 0 aliphatic carbocycles. The summed E-state index contributed by atoms with van der Waals surface area (Å²) in [5, 5.41) is 4.78. The number of amides is 3. The van der Waals surface area contributed by atoms with Crippen LogP contribution in [-0.2, 0) is 18.4 Å². The first-order valence-corrected chi connectivity index (χ1v) is 6.54. The molecule has 0 heterocycles. The van der Waals surface area contributed by atoms with Crippen molar-refractivity contribution >= 4 is 19.8 Å². The molecule has 0 saturated heterocycles. The number of hydrogen-bond donors (Lipinski definition) is 3. The summed E-state index contributed by atoms with van der Waals surface area (Å²) in [6, 6.07) is -0.388. The minimum Gasteiger partial charge on any atom is -0.352 e. The average molecular weight is 283 g/mol. The quantitative estimate of drug-likeness (QED) is 0.413. The smallest absolute Gasteiger partial charge is 0.352 e. The second-order valence-electron chi connectivity index (χ2n) is 3.25. The molecule has 0 spiro atoms. The minimum absolute atomic E-state index is 0.0360. The van der Waals surface area contributed by atoms with Gasteiger partial charge in [-0.05, 0) is 0 Å². The van der Waals surface area contributed by atoms with E-state index in [9.17, 15) is 14.2 Å². The van der Waals surface area contributed by atoms with Crippen LogP contribution in [0, 0.1) is 0 Å². The maximum atomic E-state index is 11.3. The second-order valence-corrected chi connectivity index (χ2v) is 4.81. The van der Waals surface area contributed by atoms with Gasteiger partial charge in [0.05, 0.1) is 6.61 Å². The van der Waals surface area contributed by atoms with E-state index in [4.69, 9.17) is 4.89 Å². The van der Waals surface area contributed by atoms with Gasteiger partial charge in [0.25, 0.3) is 0 Å². The minimum atomic E-state index is -4.01. The van der Waals surface area contributed by atoms with E-state index in [-0.39, 0.29) is 25.7 Å². The summed E-state index contributed by atoms with van der Waals surface area (Å²) in [6.45, 7) is -0.258. The third-order valence-corrected chi connectivity index (χ3v) is 2.82. The Morgan fingerprint density at radius 1 is 1.44 bits per heavy atom. The van der Waals surface area contributed by atoms with Crippen LogP contribution in [0.25, 0.3) is 0 Å². The predicted molar refractivity (Wildman–Crippen MR) is 62.9 cm³/mol. The van der Waals surface area contributed by atoms with Crippen molar-refractivity contribution in [2.45, 2.75) is 0 Å². The third kappa shape index (κ3) is 7.23. The largest absolute Gasteiger partial charge is 0.471 e. The van der Waals surface area contributed by atoms with E-state index in [1.165, 1.54) is 19.0 Å². The van der Waals surface area contributed by atoms with E-state index in [0.29, 0.717) is 0 Å². The lowest BCUT2D eigenvalue weighted by Gasteiger charge is -2.16. The van der Waals surface area contributed by atoms with Gasteiger partial charge >= 0.3 is 13.9 Å². The number of rotatable bonds is 7. The van der Waals surface area contributed by atoms with Crippen LogP contribution in [0.1, 0.15) is 0 Å². The predicted octanol–water partition coefficient (Wildman–Crippen LogP) is -0.863. The Labute approximate surface area is 105 Å². The van der Waals surface area contributed by atoms with Gasteiger partial charge in [-0.2, -0.15) is 0 Å². The molecule has 0 aliphatic rings. The Morgan fingerprint density at radius 3 is 2.56 bits per heavy atom. The lowest BCUT2D eigenvalue weighted by molar-refractivity contribution is -0.121. The topological polar surface area (TPSA) is 117 Å². The molecule has 18 heavy (non-hydrogen) atoms. The number of urea groups is 1. The molecule has 3 N–H and O–H groups in total. The van der Waals surface area contributed by atoms with Gasteiger partial charge < -0.3 is 20.4 Å². The number of likely N-dealkylation sites (N-methyl/N-ethyl adjacent to an activating group) is 1. The van der Waals surface area contributed by atoms with E-state index >= 15 is 0 Å². The Kier molecular flexibility index (Phi) is 7.53. The molecule has 0 aromatic heterocycles. The van der Waals surface area contributed by atoms with Crippen LogP contribution in [-0.4, -0.2) is 62.6 Å². The van der Waals surface area contributed by atoms with Crippen LogP contribution in [0.3, 0.4) is 0 Å². The van der Waals surface area contributed by atoms with Gasteiger partial charge in [-0.25, -0.2) is 9.36 Å². The SMILES string of the molecule is CNC(=O)N(C)CC(=O)NCCOP(=O)(O)OC. The molecule has 1 atom stereocenters. The number of carbonyl (C=O) groups is 2. The molecule has 0 aromatic rings.